The molecule has 0 unspecified atom stereocenters. The summed E-state index contributed by atoms with van der Waals surface area (Å²) in [5.74, 6) is 1.95. The number of halogens is 1. The summed E-state index contributed by atoms with van der Waals surface area (Å²) < 4.78 is 10.6. The normalized spacial score (nSPS) is 10.4. The monoisotopic (exact) mass is 385 g/mol. The molecular formula is C19H20ClN5O2. The van der Waals surface area contributed by atoms with Gasteiger partial charge in [0.2, 0.25) is 5.95 Å². The molecule has 0 bridgehead atoms. The van der Waals surface area contributed by atoms with Crippen molar-refractivity contribution in [2.24, 2.45) is 0 Å². The molecule has 0 aliphatic rings. The van der Waals surface area contributed by atoms with Crippen LogP contribution in [0.3, 0.4) is 0 Å². The number of rotatable bonds is 7. The molecule has 1 heterocycles. The van der Waals surface area contributed by atoms with Gasteiger partial charge in [-0.15, -0.1) is 5.10 Å². The van der Waals surface area contributed by atoms with E-state index in [0.717, 1.165) is 12.1 Å². The van der Waals surface area contributed by atoms with Crippen LogP contribution >= 0.6 is 11.6 Å². The Labute approximate surface area is 162 Å². The Morgan fingerprint density at radius 3 is 2.52 bits per heavy atom. The summed E-state index contributed by atoms with van der Waals surface area (Å²) in [5.41, 5.74) is 2.79. The van der Waals surface area contributed by atoms with E-state index in [9.17, 15) is 0 Å². The van der Waals surface area contributed by atoms with Crippen molar-refractivity contribution in [2.45, 2.75) is 13.3 Å². The summed E-state index contributed by atoms with van der Waals surface area (Å²) in [5, 5.41) is 14.9. The van der Waals surface area contributed by atoms with E-state index in [4.69, 9.17) is 21.1 Å². The van der Waals surface area contributed by atoms with E-state index in [1.807, 2.05) is 18.2 Å². The van der Waals surface area contributed by atoms with Crippen LogP contribution in [0, 0.1) is 0 Å². The minimum atomic E-state index is 0.316. The first kappa shape index (κ1) is 18.7. The highest BCUT2D eigenvalue weighted by atomic mass is 35.5. The van der Waals surface area contributed by atoms with Crippen LogP contribution in [0.4, 0.5) is 23.1 Å². The minimum absolute atomic E-state index is 0.316. The van der Waals surface area contributed by atoms with Gasteiger partial charge in [-0.05, 0) is 18.1 Å². The molecule has 0 radical (unpaired) electrons. The van der Waals surface area contributed by atoms with Gasteiger partial charge >= 0.3 is 0 Å². The van der Waals surface area contributed by atoms with Crippen LogP contribution in [-0.4, -0.2) is 29.4 Å². The highest BCUT2D eigenvalue weighted by Gasteiger charge is 2.12. The SMILES string of the molecule is CCc1ccccc1Nc1cnnc(Nc2cc(OC)c(Cl)cc2OC)n1. The fraction of sp³-hybridized carbons (Fsp3) is 0.211. The lowest BCUT2D eigenvalue weighted by molar-refractivity contribution is 0.405. The third-order valence-electron chi connectivity index (χ3n) is 3.94. The summed E-state index contributed by atoms with van der Waals surface area (Å²) >= 11 is 6.14. The lowest BCUT2D eigenvalue weighted by atomic mass is 10.1. The van der Waals surface area contributed by atoms with Crippen molar-refractivity contribution in [2.75, 3.05) is 24.9 Å². The summed E-state index contributed by atoms with van der Waals surface area (Å²) in [7, 11) is 3.10. The number of hydrogen-bond donors (Lipinski definition) is 2. The van der Waals surface area contributed by atoms with Crippen LogP contribution in [0.5, 0.6) is 11.5 Å². The number of aryl methyl sites for hydroxylation is 1. The van der Waals surface area contributed by atoms with E-state index in [1.165, 1.54) is 5.56 Å². The highest BCUT2D eigenvalue weighted by Crippen LogP contribution is 2.36. The van der Waals surface area contributed by atoms with Crippen LogP contribution in [0.25, 0.3) is 0 Å². The molecule has 0 spiro atoms. The maximum Gasteiger partial charge on any atom is 0.249 e. The standard InChI is InChI=1S/C19H20ClN5O2/c1-4-12-7-5-6-8-14(12)22-18-11-21-25-19(24-18)23-15-10-16(26-2)13(20)9-17(15)27-3/h5-11H,4H2,1-3H3,(H2,22,23,24,25). The number of benzene rings is 2. The second-order valence-electron chi connectivity index (χ2n) is 5.61. The Hall–Kier alpha value is -3.06. The Morgan fingerprint density at radius 1 is 1.00 bits per heavy atom. The average Bonchev–Trinajstić information content (AvgIpc) is 2.69. The van der Waals surface area contributed by atoms with Gasteiger partial charge in [0, 0.05) is 17.8 Å². The smallest absolute Gasteiger partial charge is 0.249 e. The van der Waals surface area contributed by atoms with Crippen LogP contribution < -0.4 is 20.1 Å². The molecule has 7 nitrogen and oxygen atoms in total. The number of para-hydroxylation sites is 1. The largest absolute Gasteiger partial charge is 0.495 e. The van der Waals surface area contributed by atoms with E-state index in [1.54, 1.807) is 32.5 Å². The van der Waals surface area contributed by atoms with Crippen LogP contribution in [0.2, 0.25) is 5.02 Å². The van der Waals surface area contributed by atoms with Gasteiger partial charge in [-0.25, -0.2) is 0 Å². The average molecular weight is 386 g/mol. The van der Waals surface area contributed by atoms with Gasteiger partial charge in [-0.3, -0.25) is 0 Å². The zero-order valence-corrected chi connectivity index (χ0v) is 16.0. The van der Waals surface area contributed by atoms with Gasteiger partial charge in [0.15, 0.2) is 5.82 Å². The van der Waals surface area contributed by atoms with E-state index >= 15 is 0 Å². The fourth-order valence-electron chi connectivity index (χ4n) is 2.58. The summed E-state index contributed by atoms with van der Waals surface area (Å²) in [6, 6.07) is 11.4. The molecule has 27 heavy (non-hydrogen) atoms. The van der Waals surface area contributed by atoms with Crippen LogP contribution in [0.1, 0.15) is 12.5 Å². The number of nitrogens with zero attached hydrogens (tertiary/aromatic N) is 3. The van der Waals surface area contributed by atoms with Crippen molar-refractivity contribution in [3.63, 3.8) is 0 Å². The molecule has 3 aromatic rings. The lowest BCUT2D eigenvalue weighted by Crippen LogP contribution is -2.04. The van der Waals surface area contributed by atoms with Crippen molar-refractivity contribution in [3.8, 4) is 11.5 Å². The molecule has 0 fully saturated rings. The Kier molecular flexibility index (Phi) is 5.93. The first-order chi connectivity index (χ1) is 13.1. The van der Waals surface area contributed by atoms with Gasteiger partial charge < -0.3 is 20.1 Å². The molecule has 0 atom stereocenters. The first-order valence-electron chi connectivity index (χ1n) is 8.37. The molecule has 8 heteroatoms. The van der Waals surface area contributed by atoms with E-state index < -0.39 is 0 Å². The molecule has 0 aliphatic carbocycles. The second-order valence-corrected chi connectivity index (χ2v) is 6.02. The topological polar surface area (TPSA) is 81.2 Å². The van der Waals surface area contributed by atoms with Crippen LogP contribution in [-0.2, 0) is 6.42 Å². The molecule has 0 aliphatic heterocycles. The Balaban J connectivity index is 1.86. The maximum absolute atomic E-state index is 6.14. The highest BCUT2D eigenvalue weighted by molar-refractivity contribution is 6.32. The fourth-order valence-corrected chi connectivity index (χ4v) is 2.81. The van der Waals surface area contributed by atoms with Crippen molar-refractivity contribution >= 4 is 34.7 Å². The Bertz CT molecular complexity index is 936. The third-order valence-corrected chi connectivity index (χ3v) is 4.24. The van der Waals surface area contributed by atoms with Gasteiger partial charge in [0.05, 0.1) is 31.1 Å². The molecule has 140 valence electrons. The predicted octanol–water partition coefficient (Wildman–Crippen LogP) is 4.59. The van der Waals surface area contributed by atoms with Crippen molar-refractivity contribution < 1.29 is 9.47 Å². The number of ether oxygens (including phenoxy) is 2. The summed E-state index contributed by atoms with van der Waals surface area (Å²) in [6.45, 7) is 2.10. The van der Waals surface area contributed by atoms with E-state index in [-0.39, 0.29) is 0 Å². The number of hydrogen-bond acceptors (Lipinski definition) is 7. The van der Waals surface area contributed by atoms with Crippen molar-refractivity contribution in [1.82, 2.24) is 15.2 Å². The molecule has 0 saturated heterocycles. The second kappa shape index (κ2) is 8.55. The molecule has 1 aromatic heterocycles. The first-order valence-corrected chi connectivity index (χ1v) is 8.75. The summed E-state index contributed by atoms with van der Waals surface area (Å²) in [6.07, 6.45) is 2.48. The minimum Gasteiger partial charge on any atom is -0.495 e. The third kappa shape index (κ3) is 4.38. The maximum atomic E-state index is 6.14. The molecule has 0 saturated carbocycles. The van der Waals surface area contributed by atoms with Gasteiger partial charge in [0.25, 0.3) is 0 Å². The van der Waals surface area contributed by atoms with Crippen LogP contribution in [0.15, 0.2) is 42.6 Å². The molecule has 2 aromatic carbocycles. The van der Waals surface area contributed by atoms with Crippen molar-refractivity contribution in [3.05, 3.63) is 53.2 Å². The zero-order valence-electron chi connectivity index (χ0n) is 15.3. The number of nitrogens with one attached hydrogen (secondary N) is 2. The number of methoxy groups -OCH3 is 2. The van der Waals surface area contributed by atoms with Gasteiger partial charge in [0.1, 0.15) is 11.5 Å². The van der Waals surface area contributed by atoms with Crippen molar-refractivity contribution in [1.29, 1.82) is 0 Å². The van der Waals surface area contributed by atoms with Gasteiger partial charge in [-0.1, -0.05) is 36.7 Å². The number of aromatic nitrogens is 3. The lowest BCUT2D eigenvalue weighted by Gasteiger charge is -2.14. The molecule has 0 amide bonds. The zero-order chi connectivity index (χ0) is 19.2. The molecule has 3 rings (SSSR count). The Morgan fingerprint density at radius 2 is 1.78 bits per heavy atom. The quantitative estimate of drug-likeness (QED) is 0.615. The van der Waals surface area contributed by atoms with Gasteiger partial charge in [-0.2, -0.15) is 10.1 Å². The summed E-state index contributed by atoms with van der Waals surface area (Å²) in [4.78, 5) is 4.47. The number of anilines is 4. The molecule has 2 N–H and O–H groups in total. The molecular weight excluding hydrogens is 366 g/mol. The van der Waals surface area contributed by atoms with E-state index in [0.29, 0.717) is 34.0 Å². The van der Waals surface area contributed by atoms with E-state index in [2.05, 4.69) is 38.8 Å². The predicted molar refractivity (Wildman–Crippen MR) is 107 cm³/mol.